The predicted octanol–water partition coefficient (Wildman–Crippen LogP) is 15.6. The smallest absolute Gasteiger partial charge is 1.00 e. The van der Waals surface area contributed by atoms with Gasteiger partial charge in [0, 0.05) is 23.0 Å². The zero-order chi connectivity index (χ0) is 50.4. The van der Waals surface area contributed by atoms with Crippen LogP contribution in [-0.2, 0) is 4.74 Å². The Labute approximate surface area is 474 Å². The Morgan fingerprint density at radius 3 is 1.04 bits per heavy atom. The fourth-order valence-corrected chi connectivity index (χ4v) is 39.5. The van der Waals surface area contributed by atoms with Crippen molar-refractivity contribution in [3.8, 4) is 19.5 Å². The molecule has 0 bridgehead atoms. The van der Waals surface area contributed by atoms with Crippen molar-refractivity contribution < 1.29 is 23.6 Å². The Bertz CT molecular complexity index is 1820. The first-order chi connectivity index (χ1) is 32.3. The molecular formula is C57H102ClLiOS4Si2Sn3. The van der Waals surface area contributed by atoms with Gasteiger partial charge >= 0.3 is 272 Å². The van der Waals surface area contributed by atoms with Gasteiger partial charge in [0.25, 0.3) is 0 Å². The van der Waals surface area contributed by atoms with Crippen molar-refractivity contribution in [3.05, 3.63) is 41.9 Å². The van der Waals surface area contributed by atoms with Gasteiger partial charge in [-0.1, -0.05) is 90.7 Å². The van der Waals surface area contributed by atoms with Crippen molar-refractivity contribution in [1.82, 2.24) is 0 Å². The maximum absolute atomic E-state index is 5.74. The van der Waals surface area contributed by atoms with E-state index in [2.05, 4.69) is 144 Å². The molecule has 4 aromatic heterocycles. The van der Waals surface area contributed by atoms with E-state index in [-0.39, 0.29) is 18.9 Å². The van der Waals surface area contributed by atoms with E-state index >= 15 is 0 Å². The van der Waals surface area contributed by atoms with E-state index in [9.17, 15) is 0 Å². The summed E-state index contributed by atoms with van der Waals surface area (Å²) in [5.74, 6) is 0. The van der Waals surface area contributed by atoms with Crippen LogP contribution in [0.3, 0.4) is 0 Å². The molecule has 1 fully saturated rings. The summed E-state index contributed by atoms with van der Waals surface area (Å²) < 4.78 is 8.61. The molecule has 0 aromatic carbocycles. The van der Waals surface area contributed by atoms with Crippen molar-refractivity contribution in [3.63, 3.8) is 0 Å². The van der Waals surface area contributed by atoms with Gasteiger partial charge in [-0.3, -0.25) is 0 Å². The van der Waals surface area contributed by atoms with Gasteiger partial charge in [0.1, 0.15) is 8.07 Å². The molecule has 7 heterocycles. The number of ether oxygens (including phenoxy) is 1. The summed E-state index contributed by atoms with van der Waals surface area (Å²) in [5.41, 5.74) is 0. The van der Waals surface area contributed by atoms with Crippen LogP contribution in [0.2, 0.25) is 68.6 Å². The maximum atomic E-state index is 5.74. The monoisotopic (exact) mass is 1390 g/mol. The number of thiophene rings is 4. The summed E-state index contributed by atoms with van der Waals surface area (Å²) >= 11 is 2.66. The van der Waals surface area contributed by atoms with Crippen molar-refractivity contribution in [2.75, 3.05) is 13.2 Å². The number of hydrogen-bond acceptors (Lipinski definition) is 5. The molecule has 4 aromatic rings. The van der Waals surface area contributed by atoms with E-state index in [1.807, 2.05) is 38.8 Å². The molecule has 0 unspecified atom stereocenters. The van der Waals surface area contributed by atoms with E-state index in [4.69, 9.17) is 13.7 Å². The molecule has 3 aliphatic rings. The third-order valence-electron chi connectivity index (χ3n) is 13.8. The maximum Gasteiger partial charge on any atom is 1.00 e. The molecule has 69 heavy (non-hydrogen) atoms. The molecule has 388 valence electrons. The molecular weight excluding hydrogens is 1280 g/mol. The van der Waals surface area contributed by atoms with Crippen molar-refractivity contribution >= 4 is 151 Å². The van der Waals surface area contributed by atoms with Crippen molar-refractivity contribution in [2.45, 2.75) is 232 Å². The van der Waals surface area contributed by atoms with Gasteiger partial charge in [0.2, 0.25) is 0 Å². The second kappa shape index (κ2) is 34.4. The Kier molecular flexibility index (Phi) is 33.7. The molecule has 0 amide bonds. The van der Waals surface area contributed by atoms with Crippen LogP contribution in [0.5, 0.6) is 0 Å². The van der Waals surface area contributed by atoms with Gasteiger partial charge in [-0.05, 0) is 46.1 Å². The molecule has 0 aliphatic carbocycles. The minimum absolute atomic E-state index is 0. The Morgan fingerprint density at radius 2 is 0.797 bits per heavy atom. The zero-order valence-electron chi connectivity index (χ0n) is 47.5. The van der Waals surface area contributed by atoms with Crippen LogP contribution in [0.1, 0.15) is 163 Å². The Balaban J connectivity index is 0.000000373. The largest absolute Gasteiger partial charge is 1.00 e. The van der Waals surface area contributed by atoms with Crippen LogP contribution in [0.15, 0.2) is 35.0 Å². The van der Waals surface area contributed by atoms with Gasteiger partial charge in [0.05, 0.1) is 0 Å². The first kappa shape index (κ1) is 67.6. The molecule has 12 heteroatoms. The molecule has 0 saturated carbocycles. The summed E-state index contributed by atoms with van der Waals surface area (Å²) in [5, 5.41) is 12.1. The molecule has 0 radical (unpaired) electrons. The first-order valence-corrected chi connectivity index (χ1v) is 68.2. The average molecular weight is 1390 g/mol. The van der Waals surface area contributed by atoms with E-state index in [1.54, 1.807) is 29.9 Å². The third kappa shape index (κ3) is 21.3. The topological polar surface area (TPSA) is 9.23 Å². The zero-order valence-corrected chi connectivity index (χ0v) is 62.1. The third-order valence-corrected chi connectivity index (χ3v) is 48.3. The van der Waals surface area contributed by atoms with Crippen LogP contribution >= 0.6 is 54.3 Å². The van der Waals surface area contributed by atoms with Crippen molar-refractivity contribution in [1.29, 1.82) is 0 Å². The van der Waals surface area contributed by atoms with Crippen molar-refractivity contribution in [2.24, 2.45) is 0 Å². The summed E-state index contributed by atoms with van der Waals surface area (Å²) in [6.45, 7) is 17.1. The van der Waals surface area contributed by atoms with E-state index < -0.39 is 70.2 Å². The second-order valence-corrected chi connectivity index (χ2v) is 85.8. The van der Waals surface area contributed by atoms with Gasteiger partial charge < -0.3 is 11.7 Å². The fourth-order valence-electron chi connectivity index (χ4n) is 9.84. The van der Waals surface area contributed by atoms with Gasteiger partial charge in [-0.15, -0.1) is 22.7 Å². The minimum Gasteiger partial charge on any atom is 1.00 e. The number of rotatable bonds is 23. The normalized spacial score (nSPS) is 14.9. The van der Waals surface area contributed by atoms with E-state index in [1.165, 1.54) is 146 Å². The molecule has 1 saturated heterocycles. The summed E-state index contributed by atoms with van der Waals surface area (Å²) in [7, 11) is 2.69. The van der Waals surface area contributed by atoms with Crippen LogP contribution in [0.25, 0.3) is 19.5 Å². The molecule has 3 aliphatic heterocycles. The van der Waals surface area contributed by atoms with Gasteiger partial charge in [-0.25, -0.2) is 0 Å². The van der Waals surface area contributed by atoms with Crippen LogP contribution < -0.4 is 45.4 Å². The molecule has 7 rings (SSSR count). The summed E-state index contributed by atoms with van der Waals surface area (Å²) in [6.07, 6.45) is 27.4. The standard InChI is InChI=1S/C20H30S2Si.C20H28S2Si.C4H8O.C4H9.9CH3.ClH.Li.3Sn/c2*1-3-5-7-9-15-23(16-10-8-6-4-2)17-11-13-21-19(17)20-18(23)12-14-22-20;1-2-4-5-3-1;1-3-4-2;;;;;;;;;;;;;;/h11-14H,3-10,15-16H2,1-2H3;11-12H,3-10,15-16H2,1-2H3;1-4H2;1,3-4H2,2H3;9*1H3;1H;;;;/q;;;-1;;;;;;;;;;;+1;;;+1/p-1. The van der Waals surface area contributed by atoms with E-state index in [0.29, 0.717) is 0 Å². The molecule has 0 N–H and O–H groups in total. The number of fused-ring (bicyclic) bond motifs is 6. The number of unbranched alkanes of at least 4 members (excludes halogenated alkanes) is 13. The Hall–Kier alpha value is 2.48. The molecule has 1 nitrogen and oxygen atoms in total. The van der Waals surface area contributed by atoms with Crippen LogP contribution in [0, 0.1) is 6.92 Å². The number of hydrogen-bond donors (Lipinski definition) is 0. The summed E-state index contributed by atoms with van der Waals surface area (Å²) in [6, 6.07) is 16.6. The minimum atomic E-state index is -2.06. The SMILES string of the molecule is C1CCOC1.CCCCCC[Si]1(CCCCCC)c2c[c]([Sn]([CH3])([CH3])[CH3])sc2-c2s[c]([Sn]([CH3])([CH3])[CH3])cc21.CCCCCC[Si]1(CCCCCC)c2ccsc2-c2sccc21.[CH2-]CCC.[CH3][Sn]([CH3])([CH3])[Cl].[Li+]. The quantitative estimate of drug-likeness (QED) is 0.0409. The molecule has 0 spiro atoms. The Morgan fingerprint density at radius 1 is 0.493 bits per heavy atom. The van der Waals surface area contributed by atoms with Gasteiger partial charge in [0.15, 0.2) is 0 Å². The second-order valence-electron chi connectivity index (χ2n) is 23.2. The predicted molar refractivity (Wildman–Crippen MR) is 337 cm³/mol. The molecule has 0 atom stereocenters. The summed E-state index contributed by atoms with van der Waals surface area (Å²) in [4.78, 5) is 29.0. The average Bonchev–Trinajstić information content (AvgIpc) is 4.13. The van der Waals surface area contributed by atoms with Gasteiger partial charge in [-0.2, -0.15) is 6.42 Å². The first-order valence-electron chi connectivity index (χ1n) is 27.8. The number of halogens is 1. The van der Waals surface area contributed by atoms with Crippen LogP contribution in [0.4, 0.5) is 0 Å². The fraction of sp³-hybridized carbons (Fsp3) is 0.702. The van der Waals surface area contributed by atoms with E-state index in [0.717, 1.165) is 19.6 Å². The van der Waals surface area contributed by atoms with Crippen LogP contribution in [-0.4, -0.2) is 83.4 Å².